The van der Waals surface area contributed by atoms with Crippen LogP contribution in [0.15, 0.2) is 24.3 Å². The fraction of sp³-hybridized carbons (Fsp3) is 0.400. The number of aliphatic hydroxyl groups is 1. The summed E-state index contributed by atoms with van der Waals surface area (Å²) in [7, 11) is 0. The van der Waals surface area contributed by atoms with Gasteiger partial charge in [-0.2, -0.15) is 13.2 Å². The lowest BCUT2D eigenvalue weighted by Crippen LogP contribution is -2.12. The van der Waals surface area contributed by atoms with Crippen molar-refractivity contribution in [3.8, 4) is 0 Å². The highest BCUT2D eigenvalue weighted by Gasteiger charge is 2.33. The number of hydrogen-bond donors (Lipinski definition) is 1. The van der Waals surface area contributed by atoms with E-state index in [1.165, 1.54) is 18.2 Å². The lowest BCUT2D eigenvalue weighted by atomic mass is 9.96. The highest BCUT2D eigenvalue weighted by Crippen LogP contribution is 2.34. The van der Waals surface area contributed by atoms with Gasteiger partial charge in [0.25, 0.3) is 0 Å². The molecule has 0 heterocycles. The molecule has 0 fully saturated rings. The average molecular weight is 204 g/mol. The molecule has 1 aromatic rings. The Bertz CT molecular complexity index is 306. The molecule has 0 spiro atoms. The smallest absolute Gasteiger partial charge is 0.396 e. The zero-order valence-corrected chi connectivity index (χ0v) is 7.67. The van der Waals surface area contributed by atoms with Crippen molar-refractivity contribution in [3.05, 3.63) is 35.4 Å². The molecule has 0 unspecified atom stereocenters. The third kappa shape index (κ3) is 2.26. The Balaban J connectivity index is 3.16. The molecule has 0 saturated heterocycles. The van der Waals surface area contributed by atoms with Crippen LogP contribution in [-0.2, 0) is 6.18 Å². The van der Waals surface area contributed by atoms with Gasteiger partial charge in [-0.25, -0.2) is 0 Å². The van der Waals surface area contributed by atoms with Gasteiger partial charge in [0.2, 0.25) is 0 Å². The standard InChI is InChI=1S/C10H11F3O/c1-7(6-14)8-4-2-3-5-9(8)10(11,12)13/h2-5,7,14H,6H2,1H3/t7-/m0/s1. The van der Waals surface area contributed by atoms with E-state index in [4.69, 9.17) is 5.11 Å². The van der Waals surface area contributed by atoms with Crippen LogP contribution in [-0.4, -0.2) is 11.7 Å². The van der Waals surface area contributed by atoms with E-state index in [0.29, 0.717) is 0 Å². The maximum absolute atomic E-state index is 12.5. The number of aliphatic hydroxyl groups excluding tert-OH is 1. The summed E-state index contributed by atoms with van der Waals surface area (Å²) < 4.78 is 37.4. The Morgan fingerprint density at radius 2 is 1.86 bits per heavy atom. The Morgan fingerprint density at radius 1 is 1.29 bits per heavy atom. The largest absolute Gasteiger partial charge is 0.416 e. The van der Waals surface area contributed by atoms with E-state index in [-0.39, 0.29) is 12.2 Å². The number of hydrogen-bond acceptors (Lipinski definition) is 1. The second-order valence-electron chi connectivity index (χ2n) is 3.17. The molecule has 1 atom stereocenters. The minimum absolute atomic E-state index is 0.141. The summed E-state index contributed by atoms with van der Waals surface area (Å²) in [4.78, 5) is 0. The van der Waals surface area contributed by atoms with Crippen LogP contribution in [0.4, 0.5) is 13.2 Å². The first-order valence-corrected chi connectivity index (χ1v) is 4.23. The molecule has 1 nitrogen and oxygen atoms in total. The van der Waals surface area contributed by atoms with Crippen molar-refractivity contribution in [2.75, 3.05) is 6.61 Å². The fourth-order valence-corrected chi connectivity index (χ4v) is 1.28. The monoisotopic (exact) mass is 204 g/mol. The summed E-state index contributed by atoms with van der Waals surface area (Å²) in [6, 6.07) is 5.30. The second-order valence-corrected chi connectivity index (χ2v) is 3.17. The van der Waals surface area contributed by atoms with Crippen LogP contribution in [0.1, 0.15) is 24.0 Å². The summed E-state index contributed by atoms with van der Waals surface area (Å²) >= 11 is 0. The van der Waals surface area contributed by atoms with Gasteiger partial charge in [0, 0.05) is 12.5 Å². The maximum atomic E-state index is 12.5. The van der Waals surface area contributed by atoms with Crippen LogP contribution in [0, 0.1) is 0 Å². The summed E-state index contributed by atoms with van der Waals surface area (Å²) in [6.07, 6.45) is -4.35. The van der Waals surface area contributed by atoms with Crippen molar-refractivity contribution >= 4 is 0 Å². The second kappa shape index (κ2) is 4.00. The van der Waals surface area contributed by atoms with Gasteiger partial charge in [-0.15, -0.1) is 0 Å². The highest BCUT2D eigenvalue weighted by atomic mass is 19.4. The van der Waals surface area contributed by atoms with E-state index in [9.17, 15) is 13.2 Å². The van der Waals surface area contributed by atoms with Gasteiger partial charge < -0.3 is 5.11 Å². The minimum Gasteiger partial charge on any atom is -0.396 e. The van der Waals surface area contributed by atoms with E-state index >= 15 is 0 Å². The molecule has 1 aromatic carbocycles. The lowest BCUT2D eigenvalue weighted by molar-refractivity contribution is -0.138. The third-order valence-corrected chi connectivity index (χ3v) is 2.07. The van der Waals surface area contributed by atoms with E-state index in [0.717, 1.165) is 6.07 Å². The predicted molar refractivity (Wildman–Crippen MR) is 46.9 cm³/mol. The SMILES string of the molecule is C[C@@H](CO)c1ccccc1C(F)(F)F. The van der Waals surface area contributed by atoms with Crippen LogP contribution in [0.5, 0.6) is 0 Å². The van der Waals surface area contributed by atoms with E-state index in [1.54, 1.807) is 6.92 Å². The first kappa shape index (κ1) is 11.0. The van der Waals surface area contributed by atoms with Gasteiger partial charge in [-0.3, -0.25) is 0 Å². The molecule has 0 aliphatic rings. The van der Waals surface area contributed by atoms with Crippen LogP contribution in [0.3, 0.4) is 0 Å². The molecule has 78 valence electrons. The minimum atomic E-state index is -4.35. The Morgan fingerprint density at radius 3 is 2.36 bits per heavy atom. The predicted octanol–water partition coefficient (Wildman–Crippen LogP) is 2.80. The van der Waals surface area contributed by atoms with Crippen molar-refractivity contribution in [3.63, 3.8) is 0 Å². The van der Waals surface area contributed by atoms with Gasteiger partial charge >= 0.3 is 6.18 Å². The van der Waals surface area contributed by atoms with E-state index in [2.05, 4.69) is 0 Å². The lowest BCUT2D eigenvalue weighted by Gasteiger charge is -2.16. The maximum Gasteiger partial charge on any atom is 0.416 e. The molecule has 4 heteroatoms. The number of alkyl halides is 3. The summed E-state index contributed by atoms with van der Waals surface area (Å²) in [5, 5.41) is 8.81. The van der Waals surface area contributed by atoms with Gasteiger partial charge in [0.1, 0.15) is 0 Å². The Labute approximate surface area is 80.2 Å². The van der Waals surface area contributed by atoms with E-state index < -0.39 is 17.7 Å². The van der Waals surface area contributed by atoms with Gasteiger partial charge in [0.05, 0.1) is 5.56 Å². The molecule has 0 radical (unpaired) electrons. The molecular weight excluding hydrogens is 193 g/mol. The normalized spacial score (nSPS) is 14.1. The van der Waals surface area contributed by atoms with Crippen LogP contribution < -0.4 is 0 Å². The average Bonchev–Trinajstić information content (AvgIpc) is 2.15. The molecule has 1 rings (SSSR count). The van der Waals surface area contributed by atoms with Gasteiger partial charge in [-0.1, -0.05) is 25.1 Å². The Hall–Kier alpha value is -1.03. The number of halogens is 3. The van der Waals surface area contributed by atoms with Crippen molar-refractivity contribution in [1.29, 1.82) is 0 Å². The van der Waals surface area contributed by atoms with Gasteiger partial charge in [-0.05, 0) is 11.6 Å². The molecule has 1 N–H and O–H groups in total. The van der Waals surface area contributed by atoms with Crippen molar-refractivity contribution < 1.29 is 18.3 Å². The molecule has 0 amide bonds. The first-order chi connectivity index (χ1) is 6.46. The van der Waals surface area contributed by atoms with Crippen molar-refractivity contribution in [2.45, 2.75) is 19.0 Å². The summed E-state index contributed by atoms with van der Waals surface area (Å²) in [6.45, 7) is 1.28. The quantitative estimate of drug-likeness (QED) is 0.785. The third-order valence-electron chi connectivity index (χ3n) is 2.07. The summed E-state index contributed by atoms with van der Waals surface area (Å²) in [5.74, 6) is -0.493. The molecule has 0 aromatic heterocycles. The molecule has 0 saturated carbocycles. The molecular formula is C10H11F3O. The van der Waals surface area contributed by atoms with Crippen LogP contribution in [0.2, 0.25) is 0 Å². The zero-order chi connectivity index (χ0) is 10.8. The number of rotatable bonds is 2. The topological polar surface area (TPSA) is 20.2 Å². The first-order valence-electron chi connectivity index (χ1n) is 4.23. The van der Waals surface area contributed by atoms with Gasteiger partial charge in [0.15, 0.2) is 0 Å². The zero-order valence-electron chi connectivity index (χ0n) is 7.67. The molecule has 14 heavy (non-hydrogen) atoms. The molecule has 0 aliphatic carbocycles. The fourth-order valence-electron chi connectivity index (χ4n) is 1.28. The molecule has 0 bridgehead atoms. The van der Waals surface area contributed by atoms with Crippen molar-refractivity contribution in [1.82, 2.24) is 0 Å². The van der Waals surface area contributed by atoms with Crippen molar-refractivity contribution in [2.24, 2.45) is 0 Å². The Kier molecular flexibility index (Phi) is 3.16. The number of benzene rings is 1. The van der Waals surface area contributed by atoms with Crippen LogP contribution in [0.25, 0.3) is 0 Å². The highest BCUT2D eigenvalue weighted by molar-refractivity contribution is 5.32. The van der Waals surface area contributed by atoms with E-state index in [1.807, 2.05) is 0 Å². The molecule has 0 aliphatic heterocycles. The summed E-state index contributed by atoms with van der Waals surface area (Å²) in [5.41, 5.74) is -0.524. The van der Waals surface area contributed by atoms with Crippen LogP contribution >= 0.6 is 0 Å².